The van der Waals surface area contributed by atoms with Crippen molar-refractivity contribution in [3.05, 3.63) is 35.9 Å². The largest absolute Gasteiger partial charge is 0.393 e. The molecular formula is C27H40O2. The number of aryl methyl sites for hydroxylation is 1. The summed E-state index contributed by atoms with van der Waals surface area (Å²) < 4.78 is 0. The number of benzene rings is 1. The first-order valence-electron chi connectivity index (χ1n) is 12.3. The van der Waals surface area contributed by atoms with Crippen molar-refractivity contribution in [1.82, 2.24) is 0 Å². The Morgan fingerprint density at radius 3 is 2.45 bits per heavy atom. The molecule has 0 spiro atoms. The smallest absolute Gasteiger partial charge is 0.0707 e. The minimum Gasteiger partial charge on any atom is -0.393 e. The van der Waals surface area contributed by atoms with Gasteiger partial charge in [0.15, 0.2) is 0 Å². The molecule has 29 heavy (non-hydrogen) atoms. The van der Waals surface area contributed by atoms with Gasteiger partial charge in [0.2, 0.25) is 0 Å². The van der Waals surface area contributed by atoms with Gasteiger partial charge in [-0.1, -0.05) is 44.2 Å². The quantitative estimate of drug-likeness (QED) is 0.682. The Morgan fingerprint density at radius 2 is 1.66 bits per heavy atom. The fourth-order valence-corrected chi connectivity index (χ4v) is 8.75. The zero-order chi connectivity index (χ0) is 20.3. The summed E-state index contributed by atoms with van der Waals surface area (Å²) in [6.45, 7) is 4.99. The molecule has 2 nitrogen and oxygen atoms in total. The number of aliphatic hydroxyl groups excluding tert-OH is 1. The molecule has 0 saturated heterocycles. The first kappa shape index (κ1) is 20.1. The van der Waals surface area contributed by atoms with Crippen LogP contribution in [0.15, 0.2) is 30.3 Å². The van der Waals surface area contributed by atoms with E-state index < -0.39 is 5.60 Å². The van der Waals surface area contributed by atoms with E-state index in [1.54, 1.807) is 0 Å². The van der Waals surface area contributed by atoms with Crippen molar-refractivity contribution >= 4 is 0 Å². The summed E-state index contributed by atoms with van der Waals surface area (Å²) in [4.78, 5) is 0. The van der Waals surface area contributed by atoms with Crippen LogP contribution in [0.2, 0.25) is 0 Å². The summed E-state index contributed by atoms with van der Waals surface area (Å²) in [6.07, 6.45) is 12.4. The molecule has 2 N–H and O–H groups in total. The lowest BCUT2D eigenvalue weighted by Gasteiger charge is -2.61. The van der Waals surface area contributed by atoms with Gasteiger partial charge < -0.3 is 10.2 Å². The van der Waals surface area contributed by atoms with Crippen LogP contribution in [-0.4, -0.2) is 21.9 Å². The summed E-state index contributed by atoms with van der Waals surface area (Å²) in [5.74, 6) is 3.00. The lowest BCUT2D eigenvalue weighted by molar-refractivity contribution is -0.160. The van der Waals surface area contributed by atoms with Crippen LogP contribution in [0.25, 0.3) is 0 Å². The van der Waals surface area contributed by atoms with E-state index in [0.29, 0.717) is 11.3 Å². The van der Waals surface area contributed by atoms with Gasteiger partial charge in [0.05, 0.1) is 11.7 Å². The molecule has 0 unspecified atom stereocenters. The minimum atomic E-state index is -0.501. The third-order valence-corrected chi connectivity index (χ3v) is 10.6. The van der Waals surface area contributed by atoms with E-state index in [1.165, 1.54) is 44.1 Å². The average molecular weight is 397 g/mol. The normalized spacial score (nSPS) is 49.2. The van der Waals surface area contributed by atoms with Crippen molar-refractivity contribution < 1.29 is 10.2 Å². The summed E-state index contributed by atoms with van der Waals surface area (Å²) >= 11 is 0. The molecule has 0 heterocycles. The van der Waals surface area contributed by atoms with Gasteiger partial charge >= 0.3 is 0 Å². The number of aliphatic hydroxyl groups is 2. The van der Waals surface area contributed by atoms with Gasteiger partial charge in [0.1, 0.15) is 0 Å². The topological polar surface area (TPSA) is 40.5 Å². The van der Waals surface area contributed by atoms with E-state index in [2.05, 4.69) is 44.2 Å². The Morgan fingerprint density at radius 1 is 0.897 bits per heavy atom. The highest BCUT2D eigenvalue weighted by atomic mass is 16.3. The molecule has 1 aromatic carbocycles. The average Bonchev–Trinajstić information content (AvgIpc) is 2.99. The van der Waals surface area contributed by atoms with Gasteiger partial charge in [-0.15, -0.1) is 0 Å². The van der Waals surface area contributed by atoms with Crippen LogP contribution in [0.1, 0.15) is 83.6 Å². The highest BCUT2D eigenvalue weighted by Crippen LogP contribution is 2.68. The van der Waals surface area contributed by atoms with Crippen molar-refractivity contribution in [2.24, 2.45) is 34.5 Å². The molecule has 0 aromatic heterocycles. The molecule has 8 atom stereocenters. The third kappa shape index (κ3) is 3.04. The van der Waals surface area contributed by atoms with Gasteiger partial charge in [-0.05, 0) is 111 Å². The second kappa shape index (κ2) is 7.09. The van der Waals surface area contributed by atoms with Crippen molar-refractivity contribution in [1.29, 1.82) is 0 Å². The Hall–Kier alpha value is -0.860. The monoisotopic (exact) mass is 396 g/mol. The Kier molecular flexibility index (Phi) is 4.91. The molecule has 4 saturated carbocycles. The van der Waals surface area contributed by atoms with Crippen LogP contribution in [0.4, 0.5) is 0 Å². The highest BCUT2D eigenvalue weighted by Gasteiger charge is 2.64. The van der Waals surface area contributed by atoms with Crippen LogP contribution in [0.5, 0.6) is 0 Å². The van der Waals surface area contributed by atoms with E-state index in [9.17, 15) is 10.2 Å². The molecule has 2 heteroatoms. The standard InChI is InChI=1S/C27H40O2/c1-25-14-11-21(28)18-20(25)8-9-22-23(25)12-15-26(2)24(22)13-17-27(26,29)16-10-19-6-4-3-5-7-19/h3-7,20-24,28-29H,8-18H2,1-2H3/t20-,21-,22+,23-,24+,25-,26+,27-/m0/s1. The second-order valence-corrected chi connectivity index (χ2v) is 11.6. The van der Waals surface area contributed by atoms with E-state index in [-0.39, 0.29) is 11.5 Å². The molecule has 5 rings (SSSR count). The lowest BCUT2D eigenvalue weighted by Crippen LogP contribution is -2.56. The third-order valence-electron chi connectivity index (χ3n) is 10.6. The Bertz CT molecular complexity index is 731. The number of hydrogen-bond donors (Lipinski definition) is 2. The summed E-state index contributed by atoms with van der Waals surface area (Å²) in [7, 11) is 0. The SMILES string of the molecule is C[C@]12CC[C@H](O)C[C@@H]1CC[C@H]1[C@H]3CC[C@@](O)(CCc4ccccc4)[C@]3(C)CC[C@@H]12. The van der Waals surface area contributed by atoms with Gasteiger partial charge in [0.25, 0.3) is 0 Å². The molecule has 0 radical (unpaired) electrons. The van der Waals surface area contributed by atoms with Gasteiger partial charge in [0, 0.05) is 0 Å². The number of rotatable bonds is 3. The van der Waals surface area contributed by atoms with Gasteiger partial charge in [-0.2, -0.15) is 0 Å². The molecule has 4 aliphatic rings. The fourth-order valence-electron chi connectivity index (χ4n) is 8.75. The van der Waals surface area contributed by atoms with E-state index in [0.717, 1.165) is 49.9 Å². The predicted molar refractivity (Wildman–Crippen MR) is 117 cm³/mol. The molecule has 160 valence electrons. The van der Waals surface area contributed by atoms with E-state index in [1.807, 2.05) is 0 Å². The van der Waals surface area contributed by atoms with Crippen LogP contribution in [0, 0.1) is 34.5 Å². The second-order valence-electron chi connectivity index (χ2n) is 11.6. The van der Waals surface area contributed by atoms with Gasteiger partial charge in [-0.25, -0.2) is 0 Å². The Balaban J connectivity index is 1.35. The molecular weight excluding hydrogens is 356 g/mol. The lowest BCUT2D eigenvalue weighted by atomic mass is 9.44. The minimum absolute atomic E-state index is 0.0620. The first-order chi connectivity index (χ1) is 13.9. The van der Waals surface area contributed by atoms with E-state index in [4.69, 9.17) is 0 Å². The van der Waals surface area contributed by atoms with Crippen molar-refractivity contribution in [2.75, 3.05) is 0 Å². The zero-order valence-electron chi connectivity index (χ0n) is 18.4. The number of fused-ring (bicyclic) bond motifs is 5. The van der Waals surface area contributed by atoms with Gasteiger partial charge in [-0.3, -0.25) is 0 Å². The van der Waals surface area contributed by atoms with Crippen molar-refractivity contribution in [2.45, 2.75) is 96.2 Å². The molecule has 4 fully saturated rings. The first-order valence-corrected chi connectivity index (χ1v) is 12.3. The maximum Gasteiger partial charge on any atom is 0.0707 e. The van der Waals surface area contributed by atoms with Crippen LogP contribution < -0.4 is 0 Å². The zero-order valence-corrected chi connectivity index (χ0v) is 18.4. The summed E-state index contributed by atoms with van der Waals surface area (Å²) in [6, 6.07) is 10.7. The summed E-state index contributed by atoms with van der Waals surface area (Å²) in [5.41, 5.74) is 1.36. The van der Waals surface area contributed by atoms with Crippen molar-refractivity contribution in [3.8, 4) is 0 Å². The predicted octanol–water partition coefficient (Wildman–Crippen LogP) is 5.75. The molecule has 0 aliphatic heterocycles. The number of hydrogen-bond acceptors (Lipinski definition) is 2. The molecule has 0 bridgehead atoms. The Labute approximate surface area is 177 Å². The van der Waals surface area contributed by atoms with E-state index >= 15 is 0 Å². The van der Waals surface area contributed by atoms with Crippen LogP contribution in [-0.2, 0) is 6.42 Å². The maximum atomic E-state index is 11.9. The van der Waals surface area contributed by atoms with Crippen molar-refractivity contribution in [3.63, 3.8) is 0 Å². The summed E-state index contributed by atoms with van der Waals surface area (Å²) in [5, 5.41) is 22.1. The highest BCUT2D eigenvalue weighted by molar-refractivity contribution is 5.18. The van der Waals surface area contributed by atoms with Crippen LogP contribution >= 0.6 is 0 Å². The molecule has 0 amide bonds. The molecule has 4 aliphatic carbocycles. The van der Waals surface area contributed by atoms with Crippen LogP contribution in [0.3, 0.4) is 0 Å². The maximum absolute atomic E-state index is 11.9. The fraction of sp³-hybridized carbons (Fsp3) is 0.778. The molecule has 1 aromatic rings.